The third kappa shape index (κ3) is 1.66. The first kappa shape index (κ1) is 9.65. The zero-order chi connectivity index (χ0) is 10.0. The fourth-order valence-corrected chi connectivity index (χ4v) is 2.29. The molecule has 0 aromatic carbocycles. The summed E-state index contributed by atoms with van der Waals surface area (Å²) >= 11 is 0. The lowest BCUT2D eigenvalue weighted by atomic mass is 9.76. The predicted molar refractivity (Wildman–Crippen MR) is 52.4 cm³/mol. The highest BCUT2D eigenvalue weighted by Gasteiger charge is 2.36. The topological polar surface area (TPSA) is 64.9 Å². The summed E-state index contributed by atoms with van der Waals surface area (Å²) in [5.74, 6) is 1.14. The molecule has 0 bridgehead atoms. The second-order valence-electron chi connectivity index (χ2n) is 4.37. The second-order valence-corrected chi connectivity index (χ2v) is 4.37. The van der Waals surface area contributed by atoms with E-state index in [1.165, 1.54) is 38.5 Å². The van der Waals surface area contributed by atoms with Crippen LogP contribution in [0.2, 0.25) is 0 Å². The Balaban J connectivity index is 2.14. The van der Waals surface area contributed by atoms with Gasteiger partial charge >= 0.3 is 0 Å². The van der Waals surface area contributed by atoms with Crippen molar-refractivity contribution in [2.75, 3.05) is 0 Å². The van der Waals surface area contributed by atoms with E-state index in [0.717, 1.165) is 0 Å². The summed E-state index contributed by atoms with van der Waals surface area (Å²) in [6, 6.07) is 0. The van der Waals surface area contributed by atoms with E-state index in [-0.39, 0.29) is 0 Å². The van der Waals surface area contributed by atoms with Crippen molar-refractivity contribution in [3.05, 3.63) is 12.2 Å². The van der Waals surface area contributed by atoms with Crippen molar-refractivity contribution in [1.29, 1.82) is 0 Å². The normalized spacial score (nSPS) is 23.3. The maximum Gasteiger partial charge on any atom is 0.213 e. The van der Waals surface area contributed by atoms with Crippen molar-refractivity contribution >= 4 is 0 Å². The summed E-state index contributed by atoms with van der Waals surface area (Å²) < 4.78 is 4.75. The predicted octanol–water partition coefficient (Wildman–Crippen LogP) is 1.82. The smallest absolute Gasteiger partial charge is 0.213 e. The van der Waals surface area contributed by atoms with Crippen LogP contribution in [-0.4, -0.2) is 10.1 Å². The van der Waals surface area contributed by atoms with Crippen LogP contribution in [0.25, 0.3) is 0 Å². The Morgan fingerprint density at radius 3 is 2.71 bits per heavy atom. The first-order valence-electron chi connectivity index (χ1n) is 5.27. The van der Waals surface area contributed by atoms with E-state index in [0.29, 0.717) is 11.7 Å². The average molecular weight is 195 g/mol. The molecule has 1 aliphatic carbocycles. The molecule has 2 N–H and O–H groups in total. The van der Waals surface area contributed by atoms with Crippen LogP contribution in [0.5, 0.6) is 0 Å². The first-order valence-corrected chi connectivity index (χ1v) is 5.27. The third-order valence-corrected chi connectivity index (χ3v) is 3.30. The summed E-state index contributed by atoms with van der Waals surface area (Å²) in [7, 11) is 0. The van der Waals surface area contributed by atoms with E-state index in [2.05, 4.69) is 10.1 Å². The van der Waals surface area contributed by atoms with Crippen LogP contribution in [-0.2, 0) is 5.54 Å². The zero-order valence-corrected chi connectivity index (χ0v) is 8.57. The van der Waals surface area contributed by atoms with Crippen LogP contribution in [0, 0.1) is 5.92 Å². The molecular formula is C10H17N3O. The molecule has 0 saturated heterocycles. The molecule has 14 heavy (non-hydrogen) atoms. The number of nitrogens with zero attached hydrogens (tertiary/aromatic N) is 2. The van der Waals surface area contributed by atoms with Crippen LogP contribution in [0.4, 0.5) is 0 Å². The standard InChI is InChI=1S/C10H17N3O/c1-10(11,9-12-7-14-13-9)8-5-3-2-4-6-8/h7-8H,2-6,11H2,1H3. The zero-order valence-electron chi connectivity index (χ0n) is 8.57. The van der Waals surface area contributed by atoms with Gasteiger partial charge < -0.3 is 10.3 Å². The number of aromatic nitrogens is 2. The molecule has 4 heteroatoms. The van der Waals surface area contributed by atoms with E-state index < -0.39 is 5.54 Å². The van der Waals surface area contributed by atoms with Gasteiger partial charge in [-0.05, 0) is 25.7 Å². The lowest BCUT2D eigenvalue weighted by Crippen LogP contribution is -2.43. The average Bonchev–Trinajstić information content (AvgIpc) is 2.72. The van der Waals surface area contributed by atoms with Gasteiger partial charge in [-0.2, -0.15) is 4.98 Å². The quantitative estimate of drug-likeness (QED) is 0.781. The molecule has 1 aromatic heterocycles. The second kappa shape index (κ2) is 3.69. The molecule has 1 unspecified atom stereocenters. The van der Waals surface area contributed by atoms with Crippen molar-refractivity contribution in [1.82, 2.24) is 10.1 Å². The van der Waals surface area contributed by atoms with Gasteiger partial charge in [-0.25, -0.2) is 0 Å². The van der Waals surface area contributed by atoms with Crippen LogP contribution < -0.4 is 5.73 Å². The largest absolute Gasteiger partial charge is 0.343 e. The van der Waals surface area contributed by atoms with Gasteiger partial charge in [0.05, 0.1) is 5.54 Å². The number of hydrogen-bond donors (Lipinski definition) is 1. The Morgan fingerprint density at radius 2 is 2.14 bits per heavy atom. The minimum Gasteiger partial charge on any atom is -0.343 e. The van der Waals surface area contributed by atoms with E-state index in [1.54, 1.807) is 0 Å². The lowest BCUT2D eigenvalue weighted by Gasteiger charge is -2.34. The Kier molecular flexibility index (Phi) is 2.54. The summed E-state index contributed by atoms with van der Waals surface area (Å²) in [6.45, 7) is 2.01. The number of rotatable bonds is 2. The minimum absolute atomic E-state index is 0.423. The summed E-state index contributed by atoms with van der Waals surface area (Å²) in [5, 5.41) is 3.85. The fourth-order valence-electron chi connectivity index (χ4n) is 2.29. The number of hydrogen-bond acceptors (Lipinski definition) is 4. The van der Waals surface area contributed by atoms with Gasteiger partial charge in [0, 0.05) is 0 Å². The molecule has 0 radical (unpaired) electrons. The van der Waals surface area contributed by atoms with E-state index in [1.807, 2.05) is 6.92 Å². The lowest BCUT2D eigenvalue weighted by molar-refractivity contribution is 0.209. The fraction of sp³-hybridized carbons (Fsp3) is 0.800. The van der Waals surface area contributed by atoms with Crippen LogP contribution in [0.1, 0.15) is 44.9 Å². The molecule has 4 nitrogen and oxygen atoms in total. The highest BCUT2D eigenvalue weighted by Crippen LogP contribution is 2.35. The third-order valence-electron chi connectivity index (χ3n) is 3.30. The SMILES string of the molecule is CC(N)(c1ncon1)C1CCCCC1. The van der Waals surface area contributed by atoms with Crippen LogP contribution >= 0.6 is 0 Å². The first-order chi connectivity index (χ1) is 6.71. The summed E-state index contributed by atoms with van der Waals surface area (Å²) in [5.41, 5.74) is 5.85. The maximum atomic E-state index is 6.27. The monoisotopic (exact) mass is 195 g/mol. The highest BCUT2D eigenvalue weighted by atomic mass is 16.5. The molecule has 2 rings (SSSR count). The molecule has 78 valence electrons. The minimum atomic E-state index is -0.423. The van der Waals surface area contributed by atoms with Gasteiger partial charge in [-0.15, -0.1) is 0 Å². The van der Waals surface area contributed by atoms with Crippen molar-refractivity contribution in [3.8, 4) is 0 Å². The molecular weight excluding hydrogens is 178 g/mol. The van der Waals surface area contributed by atoms with Gasteiger partial charge in [0.25, 0.3) is 0 Å². The Morgan fingerprint density at radius 1 is 1.43 bits per heavy atom. The van der Waals surface area contributed by atoms with Crippen LogP contribution in [0.15, 0.2) is 10.9 Å². The van der Waals surface area contributed by atoms with Gasteiger partial charge in [0.15, 0.2) is 5.82 Å². The number of nitrogens with two attached hydrogens (primary N) is 1. The van der Waals surface area contributed by atoms with E-state index >= 15 is 0 Å². The Labute approximate surface area is 83.9 Å². The molecule has 1 aromatic rings. The molecule has 1 saturated carbocycles. The molecule has 0 aliphatic heterocycles. The molecule has 0 spiro atoms. The van der Waals surface area contributed by atoms with E-state index in [4.69, 9.17) is 10.3 Å². The molecule has 0 amide bonds. The Hall–Kier alpha value is -0.900. The molecule has 1 aliphatic rings. The van der Waals surface area contributed by atoms with Gasteiger partial charge in [-0.1, -0.05) is 24.4 Å². The molecule has 1 heterocycles. The van der Waals surface area contributed by atoms with Crippen molar-refractivity contribution < 1.29 is 4.52 Å². The molecule has 1 fully saturated rings. The van der Waals surface area contributed by atoms with Gasteiger partial charge in [0.2, 0.25) is 6.39 Å². The Bertz CT molecular complexity index is 276. The highest BCUT2D eigenvalue weighted by molar-refractivity contribution is 5.03. The van der Waals surface area contributed by atoms with E-state index in [9.17, 15) is 0 Å². The van der Waals surface area contributed by atoms with Crippen molar-refractivity contribution in [2.45, 2.75) is 44.6 Å². The maximum absolute atomic E-state index is 6.27. The van der Waals surface area contributed by atoms with Gasteiger partial charge in [0.1, 0.15) is 0 Å². The summed E-state index contributed by atoms with van der Waals surface area (Å²) in [4.78, 5) is 4.06. The summed E-state index contributed by atoms with van der Waals surface area (Å²) in [6.07, 6.45) is 7.59. The van der Waals surface area contributed by atoms with Crippen molar-refractivity contribution in [3.63, 3.8) is 0 Å². The molecule has 1 atom stereocenters. The van der Waals surface area contributed by atoms with Gasteiger partial charge in [-0.3, -0.25) is 0 Å². The van der Waals surface area contributed by atoms with Crippen molar-refractivity contribution in [2.24, 2.45) is 11.7 Å². The van der Waals surface area contributed by atoms with Crippen LogP contribution in [0.3, 0.4) is 0 Å².